The van der Waals surface area contributed by atoms with Gasteiger partial charge in [-0.3, -0.25) is 4.79 Å². The number of amides is 1. The van der Waals surface area contributed by atoms with Crippen LogP contribution >= 0.6 is 0 Å². The highest BCUT2D eigenvalue weighted by Gasteiger charge is 2.13. The number of rotatable bonds is 5. The van der Waals surface area contributed by atoms with Gasteiger partial charge in [0.15, 0.2) is 0 Å². The van der Waals surface area contributed by atoms with Crippen LogP contribution in [0.3, 0.4) is 0 Å². The molecule has 0 saturated carbocycles. The third-order valence-corrected chi connectivity index (χ3v) is 3.40. The Hall–Kier alpha value is -2.09. The molecule has 2 rings (SSSR count). The van der Waals surface area contributed by atoms with Crippen LogP contribution in [-0.2, 0) is 11.2 Å². The van der Waals surface area contributed by atoms with Gasteiger partial charge in [0, 0.05) is 18.7 Å². The van der Waals surface area contributed by atoms with Gasteiger partial charge in [-0.1, -0.05) is 48.0 Å². The third-order valence-electron chi connectivity index (χ3n) is 3.40. The van der Waals surface area contributed by atoms with Gasteiger partial charge in [-0.05, 0) is 38.0 Å². The normalized spacial score (nSPS) is 10.3. The average molecular weight is 267 g/mol. The summed E-state index contributed by atoms with van der Waals surface area (Å²) < 4.78 is 0. The fraction of sp³-hybridized carbons (Fsp3) is 0.278. The van der Waals surface area contributed by atoms with Crippen molar-refractivity contribution in [3.05, 3.63) is 65.7 Å². The van der Waals surface area contributed by atoms with Gasteiger partial charge < -0.3 is 4.90 Å². The highest BCUT2D eigenvalue weighted by atomic mass is 16.2. The Bertz CT molecular complexity index is 563. The maximum Gasteiger partial charge on any atom is 0.227 e. The van der Waals surface area contributed by atoms with Gasteiger partial charge in [0.05, 0.1) is 0 Å². The molecule has 0 heterocycles. The smallest absolute Gasteiger partial charge is 0.227 e. The van der Waals surface area contributed by atoms with Crippen molar-refractivity contribution >= 4 is 11.6 Å². The third kappa shape index (κ3) is 3.70. The highest BCUT2D eigenvalue weighted by Crippen LogP contribution is 2.15. The van der Waals surface area contributed by atoms with E-state index in [2.05, 4.69) is 25.1 Å². The van der Waals surface area contributed by atoms with Gasteiger partial charge >= 0.3 is 0 Å². The molecular weight excluding hydrogens is 246 g/mol. The summed E-state index contributed by atoms with van der Waals surface area (Å²) in [7, 11) is 0. The van der Waals surface area contributed by atoms with Crippen molar-refractivity contribution in [3.63, 3.8) is 0 Å². The molecule has 0 spiro atoms. The fourth-order valence-electron chi connectivity index (χ4n) is 2.36. The van der Waals surface area contributed by atoms with Gasteiger partial charge in [0.1, 0.15) is 0 Å². The molecule has 0 unspecified atom stereocenters. The van der Waals surface area contributed by atoms with Gasteiger partial charge in [0.2, 0.25) is 5.91 Å². The van der Waals surface area contributed by atoms with Crippen LogP contribution in [0.15, 0.2) is 54.6 Å². The predicted octanol–water partition coefficient (Wildman–Crippen LogP) is 3.98. The van der Waals surface area contributed by atoms with Gasteiger partial charge in [0.25, 0.3) is 0 Å². The summed E-state index contributed by atoms with van der Waals surface area (Å²) in [6.07, 6.45) is 1.34. The zero-order valence-electron chi connectivity index (χ0n) is 12.2. The van der Waals surface area contributed by atoms with E-state index < -0.39 is 0 Å². The number of para-hydroxylation sites is 1. The van der Waals surface area contributed by atoms with Crippen LogP contribution in [0.5, 0.6) is 0 Å². The fourth-order valence-corrected chi connectivity index (χ4v) is 2.36. The van der Waals surface area contributed by atoms with Crippen LogP contribution in [0.2, 0.25) is 0 Å². The number of aryl methyl sites for hydroxylation is 2. The molecule has 0 radical (unpaired) electrons. The van der Waals surface area contributed by atoms with Crippen molar-refractivity contribution in [2.75, 3.05) is 11.4 Å². The van der Waals surface area contributed by atoms with Gasteiger partial charge in [-0.25, -0.2) is 0 Å². The Kier molecular flexibility index (Phi) is 4.94. The van der Waals surface area contributed by atoms with E-state index in [-0.39, 0.29) is 5.91 Å². The molecule has 2 aromatic carbocycles. The minimum absolute atomic E-state index is 0.181. The van der Waals surface area contributed by atoms with Crippen molar-refractivity contribution in [2.24, 2.45) is 0 Å². The van der Waals surface area contributed by atoms with Crippen LogP contribution in [-0.4, -0.2) is 12.5 Å². The van der Waals surface area contributed by atoms with E-state index in [1.165, 1.54) is 11.1 Å². The summed E-state index contributed by atoms with van der Waals surface area (Å²) in [6.45, 7) is 4.79. The minimum Gasteiger partial charge on any atom is -0.313 e. The first-order chi connectivity index (χ1) is 9.70. The largest absolute Gasteiger partial charge is 0.313 e. The second-order valence-corrected chi connectivity index (χ2v) is 4.96. The van der Waals surface area contributed by atoms with Crippen molar-refractivity contribution < 1.29 is 4.79 Å². The summed E-state index contributed by atoms with van der Waals surface area (Å²) in [5.41, 5.74) is 3.44. The van der Waals surface area contributed by atoms with E-state index in [1.54, 1.807) is 0 Å². The molecule has 2 aromatic rings. The Balaban J connectivity index is 2.00. The molecule has 20 heavy (non-hydrogen) atoms. The lowest BCUT2D eigenvalue weighted by atomic mass is 10.1. The minimum atomic E-state index is 0.181. The number of hydrogen-bond donors (Lipinski definition) is 0. The molecule has 0 saturated heterocycles. The number of benzene rings is 2. The maximum absolute atomic E-state index is 12.4. The lowest BCUT2D eigenvalue weighted by Gasteiger charge is -2.21. The predicted molar refractivity (Wildman–Crippen MR) is 84.0 cm³/mol. The van der Waals surface area contributed by atoms with Crippen LogP contribution < -0.4 is 4.90 Å². The number of carbonyl (C=O) groups is 1. The molecule has 0 aliphatic rings. The lowest BCUT2D eigenvalue weighted by Crippen LogP contribution is -2.30. The molecule has 0 N–H and O–H groups in total. The number of hydrogen-bond acceptors (Lipinski definition) is 1. The quantitative estimate of drug-likeness (QED) is 0.802. The maximum atomic E-state index is 12.4. The van der Waals surface area contributed by atoms with Crippen molar-refractivity contribution in [2.45, 2.75) is 26.7 Å². The van der Waals surface area contributed by atoms with Crippen LogP contribution in [0.4, 0.5) is 5.69 Å². The first-order valence-electron chi connectivity index (χ1n) is 7.11. The van der Waals surface area contributed by atoms with E-state index >= 15 is 0 Å². The Labute approximate surface area is 121 Å². The molecule has 2 nitrogen and oxygen atoms in total. The second-order valence-electron chi connectivity index (χ2n) is 4.96. The molecule has 0 aliphatic heterocycles. The summed E-state index contributed by atoms with van der Waals surface area (Å²) >= 11 is 0. The van der Waals surface area contributed by atoms with E-state index in [4.69, 9.17) is 0 Å². The SMILES string of the molecule is CCN(C(=O)CCc1cccc(C)c1)c1ccccc1. The van der Waals surface area contributed by atoms with E-state index in [0.29, 0.717) is 13.0 Å². The van der Waals surface area contributed by atoms with Crippen molar-refractivity contribution in [3.8, 4) is 0 Å². The summed E-state index contributed by atoms with van der Waals surface area (Å²) in [6, 6.07) is 18.2. The number of nitrogens with zero attached hydrogens (tertiary/aromatic N) is 1. The monoisotopic (exact) mass is 267 g/mol. The zero-order valence-corrected chi connectivity index (χ0v) is 12.2. The Morgan fingerprint density at radius 2 is 1.80 bits per heavy atom. The zero-order chi connectivity index (χ0) is 14.4. The van der Waals surface area contributed by atoms with Crippen LogP contribution in [0.1, 0.15) is 24.5 Å². The molecule has 0 aliphatic carbocycles. The molecule has 0 fully saturated rings. The van der Waals surface area contributed by atoms with Crippen LogP contribution in [0.25, 0.3) is 0 Å². The topological polar surface area (TPSA) is 20.3 Å². The molecule has 104 valence electrons. The first-order valence-corrected chi connectivity index (χ1v) is 7.11. The first kappa shape index (κ1) is 14.3. The van der Waals surface area contributed by atoms with E-state index in [0.717, 1.165) is 12.1 Å². The van der Waals surface area contributed by atoms with Gasteiger partial charge in [-0.2, -0.15) is 0 Å². The highest BCUT2D eigenvalue weighted by molar-refractivity contribution is 5.93. The standard InChI is InChI=1S/C18H21NO/c1-3-19(17-10-5-4-6-11-17)18(20)13-12-16-9-7-8-15(2)14-16/h4-11,14H,3,12-13H2,1-2H3. The lowest BCUT2D eigenvalue weighted by molar-refractivity contribution is -0.118. The molecule has 0 atom stereocenters. The summed E-state index contributed by atoms with van der Waals surface area (Å²) in [5, 5.41) is 0. The molecular formula is C18H21NO. The molecule has 0 bridgehead atoms. The van der Waals surface area contributed by atoms with Crippen LogP contribution in [0, 0.1) is 6.92 Å². The van der Waals surface area contributed by atoms with Crippen molar-refractivity contribution in [1.82, 2.24) is 0 Å². The Morgan fingerprint density at radius 3 is 2.45 bits per heavy atom. The van der Waals surface area contributed by atoms with E-state index in [9.17, 15) is 4.79 Å². The molecule has 2 heteroatoms. The Morgan fingerprint density at radius 1 is 1.05 bits per heavy atom. The average Bonchev–Trinajstić information content (AvgIpc) is 2.47. The summed E-state index contributed by atoms with van der Waals surface area (Å²) in [5.74, 6) is 0.181. The number of carbonyl (C=O) groups excluding carboxylic acids is 1. The molecule has 1 amide bonds. The second kappa shape index (κ2) is 6.90. The number of anilines is 1. The summed E-state index contributed by atoms with van der Waals surface area (Å²) in [4.78, 5) is 14.2. The molecule has 0 aromatic heterocycles. The van der Waals surface area contributed by atoms with E-state index in [1.807, 2.05) is 48.2 Å². The van der Waals surface area contributed by atoms with Crippen molar-refractivity contribution in [1.29, 1.82) is 0 Å². The van der Waals surface area contributed by atoms with Gasteiger partial charge in [-0.15, -0.1) is 0 Å².